The summed E-state index contributed by atoms with van der Waals surface area (Å²) >= 11 is 0. The molecule has 0 heterocycles. The van der Waals surface area contributed by atoms with Crippen molar-refractivity contribution in [3.63, 3.8) is 0 Å². The Morgan fingerprint density at radius 2 is 1.88 bits per heavy atom. The third kappa shape index (κ3) is 8.18. The van der Waals surface area contributed by atoms with Crippen LogP contribution in [0.3, 0.4) is 0 Å². The molecule has 1 atom stereocenters. The molecular weight excluding hydrogens is 535 g/mol. The van der Waals surface area contributed by atoms with Gasteiger partial charge in [-0.25, -0.2) is 10.4 Å². The van der Waals surface area contributed by atoms with E-state index in [0.717, 1.165) is 36.1 Å². The van der Waals surface area contributed by atoms with Crippen LogP contribution in [0.5, 0.6) is 11.5 Å². The summed E-state index contributed by atoms with van der Waals surface area (Å²) in [6, 6.07) is 9.75. The van der Waals surface area contributed by atoms with Crippen molar-refractivity contribution in [2.45, 2.75) is 45.4 Å². The molecule has 1 aliphatic rings. The number of hydrazine groups is 1. The van der Waals surface area contributed by atoms with Crippen LogP contribution in [0, 0.1) is 12.8 Å². The van der Waals surface area contributed by atoms with E-state index in [4.69, 9.17) is 0 Å². The number of allylic oxidation sites excluding steroid dienone is 2. The van der Waals surface area contributed by atoms with Gasteiger partial charge in [0.05, 0.1) is 11.4 Å². The molecule has 0 amide bonds. The van der Waals surface area contributed by atoms with E-state index in [1.54, 1.807) is 12.1 Å². The lowest BCUT2D eigenvalue weighted by molar-refractivity contribution is -0.360. The first-order chi connectivity index (χ1) is 18.9. The number of alkyl halides is 5. The van der Waals surface area contributed by atoms with E-state index in [1.807, 2.05) is 32.1 Å². The lowest BCUT2D eigenvalue weighted by atomic mass is 9.89. The van der Waals surface area contributed by atoms with Gasteiger partial charge < -0.3 is 20.6 Å². The molecule has 2 aromatic carbocycles. The zero-order valence-corrected chi connectivity index (χ0v) is 21.9. The summed E-state index contributed by atoms with van der Waals surface area (Å²) in [5, 5.41) is 17.5. The normalized spacial score (nSPS) is 16.7. The molecule has 0 spiro atoms. The van der Waals surface area contributed by atoms with E-state index in [2.05, 4.69) is 43.1 Å². The number of aromatic hydroxyl groups is 1. The first kappa shape index (κ1) is 30.4. The lowest BCUT2D eigenvalue weighted by Crippen LogP contribution is -2.41. The largest absolute Gasteiger partial charge is 0.506 e. The fourth-order valence-corrected chi connectivity index (χ4v) is 3.82. The minimum atomic E-state index is -5.82. The fraction of sp³-hybridized carbons (Fsp3) is 0.333. The van der Waals surface area contributed by atoms with Gasteiger partial charge >= 0.3 is 12.3 Å². The average molecular weight is 567 g/mol. The fourth-order valence-electron chi connectivity index (χ4n) is 3.82. The monoisotopic (exact) mass is 566 g/mol. The molecule has 1 unspecified atom stereocenters. The van der Waals surface area contributed by atoms with Gasteiger partial charge in [-0.05, 0) is 93.3 Å². The Morgan fingerprint density at radius 1 is 1.15 bits per heavy atom. The summed E-state index contributed by atoms with van der Waals surface area (Å²) < 4.78 is 66.8. The molecule has 0 fully saturated rings. The quantitative estimate of drug-likeness (QED) is 0.0704. The molecule has 0 aromatic heterocycles. The van der Waals surface area contributed by atoms with Crippen LogP contribution in [0.1, 0.15) is 31.7 Å². The molecule has 0 bridgehead atoms. The standard InChI is InChI=1S/C27H31F5N6O2/c1-4-23(35-24-17(2)6-5-7-22(24)39)37-34-16-18-8-10-19(11-9-18)25(33-3)38-36-20-12-14-21(15-13-20)40-27(31,32)26(28,29)30/h4-7,10,12-15,18,34-37,39H,3,8-9,11,16H2,1-2H3/b23-4+,38-25-. The number of amidine groups is 1. The van der Waals surface area contributed by atoms with Gasteiger partial charge in [0.2, 0.25) is 0 Å². The predicted octanol–water partition coefficient (Wildman–Crippen LogP) is 6.45. The number of halogens is 5. The van der Waals surface area contributed by atoms with Crippen LogP contribution in [0.2, 0.25) is 0 Å². The summed E-state index contributed by atoms with van der Waals surface area (Å²) in [5.74, 6) is 0.899. The Bertz CT molecular complexity index is 1240. The zero-order chi connectivity index (χ0) is 29.3. The number of para-hydroxylation sites is 1. The lowest BCUT2D eigenvalue weighted by Gasteiger charge is -2.23. The number of phenolic OH excluding ortho intramolecular Hbond substituents is 1. The number of anilines is 2. The second-order valence-electron chi connectivity index (χ2n) is 9.02. The van der Waals surface area contributed by atoms with E-state index in [9.17, 15) is 27.1 Å². The van der Waals surface area contributed by atoms with Crippen molar-refractivity contribution >= 4 is 23.9 Å². The van der Waals surface area contributed by atoms with Crippen LogP contribution in [-0.4, -0.2) is 36.5 Å². The Kier molecular flexibility index (Phi) is 10.1. The summed E-state index contributed by atoms with van der Waals surface area (Å²) in [4.78, 5) is 3.95. The highest BCUT2D eigenvalue weighted by Crippen LogP contribution is 2.37. The first-order valence-electron chi connectivity index (χ1n) is 12.4. The number of benzene rings is 2. The van der Waals surface area contributed by atoms with Gasteiger partial charge in [-0.15, -0.1) is 0 Å². The van der Waals surface area contributed by atoms with Gasteiger partial charge in [-0.1, -0.05) is 18.2 Å². The van der Waals surface area contributed by atoms with E-state index < -0.39 is 18.0 Å². The molecule has 13 heteroatoms. The van der Waals surface area contributed by atoms with Crippen LogP contribution >= 0.6 is 0 Å². The molecule has 0 saturated heterocycles. The molecule has 0 saturated carbocycles. The number of rotatable bonds is 11. The van der Waals surface area contributed by atoms with Gasteiger partial charge in [0.25, 0.3) is 0 Å². The number of nitrogens with zero attached hydrogens (tertiary/aromatic N) is 2. The molecule has 1 aliphatic carbocycles. The van der Waals surface area contributed by atoms with Crippen molar-refractivity contribution in [3.8, 4) is 11.5 Å². The number of phenols is 1. The number of hydrogen-bond acceptors (Lipinski definition) is 7. The predicted molar refractivity (Wildman–Crippen MR) is 145 cm³/mol. The maximum atomic E-state index is 13.0. The van der Waals surface area contributed by atoms with Crippen molar-refractivity contribution < 1.29 is 31.8 Å². The van der Waals surface area contributed by atoms with Crippen LogP contribution < -0.4 is 26.3 Å². The minimum absolute atomic E-state index is 0.158. The van der Waals surface area contributed by atoms with Gasteiger partial charge in [-0.2, -0.15) is 27.1 Å². The Hall–Kier alpha value is -4.13. The Labute approximate surface area is 228 Å². The molecule has 3 rings (SSSR count). The number of hydrazone groups is 1. The topological polar surface area (TPSA) is 102 Å². The van der Waals surface area contributed by atoms with E-state index in [0.29, 0.717) is 41.9 Å². The van der Waals surface area contributed by atoms with Crippen molar-refractivity contribution in [3.05, 3.63) is 71.6 Å². The molecule has 5 N–H and O–H groups in total. The second kappa shape index (κ2) is 13.3. The summed E-state index contributed by atoms with van der Waals surface area (Å²) in [7, 11) is 0. The average Bonchev–Trinajstić information content (AvgIpc) is 2.91. The maximum Gasteiger partial charge on any atom is 0.499 e. The van der Waals surface area contributed by atoms with Crippen LogP contribution in [0.25, 0.3) is 0 Å². The van der Waals surface area contributed by atoms with Crippen molar-refractivity contribution in [2.75, 3.05) is 17.3 Å². The maximum absolute atomic E-state index is 13.0. The number of ether oxygens (including phenoxy) is 1. The summed E-state index contributed by atoms with van der Waals surface area (Å²) in [6.45, 7) is 7.99. The summed E-state index contributed by atoms with van der Waals surface area (Å²) in [5.41, 5.74) is 11.8. The number of nitrogens with one attached hydrogen (secondary N) is 4. The SMILES string of the molecule is C=N/C(=N\Nc1ccc(OC(F)(F)C(F)(F)F)cc1)C1=CCC(CNN/C(=C/C)Nc2c(C)cccc2O)CC1. The smallest absolute Gasteiger partial charge is 0.499 e. The number of hydrogen-bond donors (Lipinski definition) is 5. The highest BCUT2D eigenvalue weighted by Gasteiger charge is 2.61. The third-order valence-corrected chi connectivity index (χ3v) is 6.09. The number of aliphatic imine (C=N–C) groups is 1. The molecule has 2 aromatic rings. The van der Waals surface area contributed by atoms with Gasteiger partial charge in [0.15, 0.2) is 5.84 Å². The van der Waals surface area contributed by atoms with Crippen LogP contribution in [0.15, 0.2) is 76.1 Å². The molecule has 8 nitrogen and oxygen atoms in total. The van der Waals surface area contributed by atoms with Crippen molar-refractivity contribution in [1.82, 2.24) is 10.9 Å². The molecule has 0 aliphatic heterocycles. The molecule has 0 radical (unpaired) electrons. The first-order valence-corrected chi connectivity index (χ1v) is 12.4. The minimum Gasteiger partial charge on any atom is -0.506 e. The Balaban J connectivity index is 1.49. The summed E-state index contributed by atoms with van der Waals surface area (Å²) in [6.07, 6.45) is -4.95. The second-order valence-corrected chi connectivity index (χ2v) is 9.02. The molecule has 216 valence electrons. The van der Waals surface area contributed by atoms with E-state index in [-0.39, 0.29) is 5.75 Å². The molecular formula is C27H31F5N6O2. The van der Waals surface area contributed by atoms with E-state index in [1.165, 1.54) is 12.1 Å². The van der Waals surface area contributed by atoms with Crippen LogP contribution in [-0.2, 0) is 0 Å². The van der Waals surface area contributed by atoms with Crippen molar-refractivity contribution in [1.29, 1.82) is 0 Å². The third-order valence-electron chi connectivity index (χ3n) is 6.09. The molecule has 40 heavy (non-hydrogen) atoms. The van der Waals surface area contributed by atoms with Crippen molar-refractivity contribution in [2.24, 2.45) is 16.0 Å². The van der Waals surface area contributed by atoms with E-state index >= 15 is 0 Å². The van der Waals surface area contributed by atoms with Gasteiger partial charge in [0.1, 0.15) is 17.3 Å². The van der Waals surface area contributed by atoms with Crippen LogP contribution in [0.4, 0.5) is 33.3 Å². The highest BCUT2D eigenvalue weighted by atomic mass is 19.4. The highest BCUT2D eigenvalue weighted by molar-refractivity contribution is 6.01. The van der Waals surface area contributed by atoms with Gasteiger partial charge in [-0.3, -0.25) is 5.43 Å². The number of aryl methyl sites for hydroxylation is 1. The van der Waals surface area contributed by atoms with Gasteiger partial charge in [0, 0.05) is 6.54 Å². The Morgan fingerprint density at radius 3 is 2.45 bits per heavy atom. The zero-order valence-electron chi connectivity index (χ0n) is 21.9.